The van der Waals surface area contributed by atoms with Crippen molar-refractivity contribution >= 4 is 11.1 Å². The highest BCUT2D eigenvalue weighted by molar-refractivity contribution is 5.77. The molecular formula is C15H13NO4. The Morgan fingerprint density at radius 1 is 1.15 bits per heavy atom. The van der Waals surface area contributed by atoms with Gasteiger partial charge in [0, 0.05) is 19.2 Å². The molecule has 1 heterocycles. The summed E-state index contributed by atoms with van der Waals surface area (Å²) in [6.07, 6.45) is 0. The first-order valence-electron chi connectivity index (χ1n) is 6.23. The van der Waals surface area contributed by atoms with E-state index in [1.54, 1.807) is 19.2 Å². The molecule has 2 aliphatic rings. The Morgan fingerprint density at radius 2 is 2.05 bits per heavy atom. The Hall–Kier alpha value is -2.40. The first kappa shape index (κ1) is 12.6. The van der Waals surface area contributed by atoms with Crippen molar-refractivity contribution in [3.8, 4) is 17.2 Å². The Kier molecular flexibility index (Phi) is 3.35. The first-order valence-corrected chi connectivity index (χ1v) is 6.23. The molecule has 0 spiro atoms. The summed E-state index contributed by atoms with van der Waals surface area (Å²) < 4.78 is 16.1. The number of rotatable bonds is 4. The van der Waals surface area contributed by atoms with Crippen LogP contribution >= 0.6 is 0 Å². The Morgan fingerprint density at radius 3 is 2.90 bits per heavy atom. The third-order valence-corrected chi connectivity index (χ3v) is 2.88. The minimum atomic E-state index is -0.102. The lowest BCUT2D eigenvalue weighted by Gasteiger charge is -2.08. The highest BCUT2D eigenvalue weighted by atomic mass is 16.5. The van der Waals surface area contributed by atoms with Crippen molar-refractivity contribution in [3.63, 3.8) is 0 Å². The molecule has 5 nitrogen and oxygen atoms in total. The lowest BCUT2D eigenvalue weighted by molar-refractivity contribution is 0.146. The fourth-order valence-corrected chi connectivity index (χ4v) is 1.92. The summed E-state index contributed by atoms with van der Waals surface area (Å²) in [6, 6.07) is 9.97. The summed E-state index contributed by atoms with van der Waals surface area (Å²) in [5.41, 5.74) is 1.85. The number of aromatic nitrogens is 1. The standard InChI is InChI=1S/C15H13NO4/c1-18-6-7-19-11-3-5-13-15(9-11)20-14-8-10(17)2-4-12(14)16-13/h2-5,8-9H,6-7H2,1H3. The summed E-state index contributed by atoms with van der Waals surface area (Å²) in [5, 5.41) is 0. The zero-order valence-corrected chi connectivity index (χ0v) is 11.0. The summed E-state index contributed by atoms with van der Waals surface area (Å²) in [7, 11) is 1.62. The third-order valence-electron chi connectivity index (χ3n) is 2.88. The molecule has 5 heteroatoms. The van der Waals surface area contributed by atoms with Crippen LogP contribution in [0.3, 0.4) is 0 Å². The van der Waals surface area contributed by atoms with Crippen molar-refractivity contribution in [1.82, 2.24) is 4.98 Å². The van der Waals surface area contributed by atoms with E-state index < -0.39 is 0 Å². The van der Waals surface area contributed by atoms with Crippen LogP contribution in [-0.4, -0.2) is 25.3 Å². The van der Waals surface area contributed by atoms with Gasteiger partial charge in [0.1, 0.15) is 23.6 Å². The van der Waals surface area contributed by atoms with Gasteiger partial charge >= 0.3 is 0 Å². The quantitative estimate of drug-likeness (QED) is 0.538. The Bertz CT molecular complexity index is 765. The van der Waals surface area contributed by atoms with Gasteiger partial charge in [0.25, 0.3) is 0 Å². The Balaban J connectivity index is 2.02. The second-order valence-corrected chi connectivity index (χ2v) is 4.31. The maximum absolute atomic E-state index is 11.3. The highest BCUT2D eigenvalue weighted by Crippen LogP contribution is 2.26. The number of hydrogen-bond acceptors (Lipinski definition) is 5. The largest absolute Gasteiger partial charge is 0.491 e. The van der Waals surface area contributed by atoms with Crippen LogP contribution in [0.25, 0.3) is 22.6 Å². The molecule has 0 aromatic heterocycles. The molecule has 102 valence electrons. The van der Waals surface area contributed by atoms with E-state index in [1.807, 2.05) is 12.1 Å². The molecule has 0 atom stereocenters. The second kappa shape index (κ2) is 5.30. The third kappa shape index (κ3) is 2.48. The summed E-state index contributed by atoms with van der Waals surface area (Å²) in [5.74, 6) is 1.15. The number of benzene rings is 2. The molecule has 0 bridgehead atoms. The topological polar surface area (TPSA) is 61.6 Å². The van der Waals surface area contributed by atoms with Crippen LogP contribution in [0.1, 0.15) is 0 Å². The maximum Gasteiger partial charge on any atom is 0.182 e. The molecular weight excluding hydrogens is 258 g/mol. The van der Waals surface area contributed by atoms with Gasteiger partial charge < -0.3 is 13.9 Å². The van der Waals surface area contributed by atoms with Gasteiger partial charge in [0.05, 0.1) is 6.61 Å². The van der Waals surface area contributed by atoms with E-state index in [9.17, 15) is 4.79 Å². The lowest BCUT2D eigenvalue weighted by atomic mass is 10.2. The number of ether oxygens (including phenoxy) is 2. The molecule has 3 rings (SSSR count). The van der Waals surface area contributed by atoms with E-state index in [-0.39, 0.29) is 5.43 Å². The monoisotopic (exact) mass is 271 g/mol. The van der Waals surface area contributed by atoms with Crippen LogP contribution in [0.15, 0.2) is 45.6 Å². The average molecular weight is 271 g/mol. The van der Waals surface area contributed by atoms with Crippen LogP contribution in [0.5, 0.6) is 5.75 Å². The van der Waals surface area contributed by atoms with Crippen molar-refractivity contribution in [3.05, 3.63) is 46.6 Å². The number of fused-ring (bicyclic) bond motifs is 2. The number of hydrogen-bond donors (Lipinski definition) is 0. The second-order valence-electron chi connectivity index (χ2n) is 4.31. The van der Waals surface area contributed by atoms with Gasteiger partial charge in [-0.2, -0.15) is 0 Å². The molecule has 0 unspecified atom stereocenters. The Labute approximate surface area is 115 Å². The van der Waals surface area contributed by atoms with Gasteiger partial charge in [-0.15, -0.1) is 0 Å². The van der Waals surface area contributed by atoms with Crippen molar-refractivity contribution in [1.29, 1.82) is 0 Å². The van der Waals surface area contributed by atoms with Crippen LogP contribution in [0.2, 0.25) is 0 Å². The average Bonchev–Trinajstić information content (AvgIpc) is 2.45. The summed E-state index contributed by atoms with van der Waals surface area (Å²) >= 11 is 0. The molecule has 1 aromatic rings. The van der Waals surface area contributed by atoms with E-state index in [1.165, 1.54) is 12.1 Å². The molecule has 0 N–H and O–H groups in total. The molecule has 0 saturated carbocycles. The smallest absolute Gasteiger partial charge is 0.182 e. The minimum absolute atomic E-state index is 0.102. The fourth-order valence-electron chi connectivity index (χ4n) is 1.92. The van der Waals surface area contributed by atoms with Gasteiger partial charge in [-0.3, -0.25) is 4.79 Å². The van der Waals surface area contributed by atoms with Crippen molar-refractivity contribution in [2.75, 3.05) is 20.3 Å². The van der Waals surface area contributed by atoms with Gasteiger partial charge in [-0.25, -0.2) is 4.98 Å². The predicted octanol–water partition coefficient (Wildman–Crippen LogP) is 2.32. The zero-order chi connectivity index (χ0) is 13.9. The first-order chi connectivity index (χ1) is 9.76. The molecule has 0 radical (unpaired) electrons. The van der Waals surface area contributed by atoms with Crippen LogP contribution in [-0.2, 0) is 4.74 Å². The minimum Gasteiger partial charge on any atom is -0.491 e. The summed E-state index contributed by atoms with van der Waals surface area (Å²) in [6.45, 7) is 0.985. The van der Waals surface area contributed by atoms with Crippen LogP contribution in [0.4, 0.5) is 0 Å². The van der Waals surface area contributed by atoms with Crippen molar-refractivity contribution in [2.45, 2.75) is 0 Å². The number of methoxy groups -OCH3 is 1. The van der Waals surface area contributed by atoms with E-state index in [0.717, 1.165) is 5.52 Å². The van der Waals surface area contributed by atoms with Crippen molar-refractivity contribution in [2.24, 2.45) is 0 Å². The lowest BCUT2D eigenvalue weighted by Crippen LogP contribution is -2.04. The van der Waals surface area contributed by atoms with Gasteiger partial charge in [-0.05, 0) is 24.3 Å². The van der Waals surface area contributed by atoms with Gasteiger partial charge in [-0.1, -0.05) is 0 Å². The van der Waals surface area contributed by atoms with Gasteiger partial charge in [0.2, 0.25) is 0 Å². The van der Waals surface area contributed by atoms with Gasteiger partial charge in [0.15, 0.2) is 16.8 Å². The van der Waals surface area contributed by atoms with E-state index in [0.29, 0.717) is 36.0 Å². The molecule has 1 aliphatic carbocycles. The maximum atomic E-state index is 11.3. The van der Waals surface area contributed by atoms with Crippen molar-refractivity contribution < 1.29 is 13.9 Å². The van der Waals surface area contributed by atoms with Crippen LogP contribution < -0.4 is 10.2 Å². The summed E-state index contributed by atoms with van der Waals surface area (Å²) in [4.78, 5) is 15.8. The van der Waals surface area contributed by atoms with E-state index in [4.69, 9.17) is 13.9 Å². The van der Waals surface area contributed by atoms with E-state index in [2.05, 4.69) is 4.98 Å². The molecule has 0 fully saturated rings. The molecule has 0 amide bonds. The normalized spacial score (nSPS) is 11.1. The molecule has 0 saturated heterocycles. The SMILES string of the molecule is COCCOc1ccc2nc3ccc(=O)cc-3oc2c1. The molecule has 1 aliphatic heterocycles. The number of nitrogens with zero attached hydrogens (tertiary/aromatic N) is 1. The van der Waals surface area contributed by atoms with Crippen LogP contribution in [0, 0.1) is 0 Å². The van der Waals surface area contributed by atoms with E-state index >= 15 is 0 Å². The molecule has 1 aromatic carbocycles. The highest BCUT2D eigenvalue weighted by Gasteiger charge is 2.09. The fraction of sp³-hybridized carbons (Fsp3) is 0.200. The predicted molar refractivity (Wildman–Crippen MR) is 74.3 cm³/mol. The zero-order valence-electron chi connectivity index (χ0n) is 11.0. The molecule has 20 heavy (non-hydrogen) atoms.